The lowest BCUT2D eigenvalue weighted by molar-refractivity contribution is 0.0344. The summed E-state index contributed by atoms with van der Waals surface area (Å²) in [6.45, 7) is 7.09. The van der Waals surface area contributed by atoms with Crippen molar-refractivity contribution < 1.29 is 23.1 Å². The lowest BCUT2D eigenvalue weighted by Gasteiger charge is -2.38. The van der Waals surface area contributed by atoms with E-state index in [1.54, 1.807) is 54.3 Å². The predicted molar refractivity (Wildman–Crippen MR) is 178 cm³/mol. The van der Waals surface area contributed by atoms with Crippen LogP contribution < -0.4 is 9.46 Å². The van der Waals surface area contributed by atoms with Gasteiger partial charge in [-0.25, -0.2) is 8.42 Å². The number of anilines is 1. The molecule has 0 bridgehead atoms. The fourth-order valence-corrected chi connectivity index (χ4v) is 6.64. The zero-order valence-corrected chi connectivity index (χ0v) is 27.0. The van der Waals surface area contributed by atoms with E-state index in [1.165, 1.54) is 0 Å². The van der Waals surface area contributed by atoms with E-state index in [0.29, 0.717) is 19.6 Å². The van der Waals surface area contributed by atoms with Crippen molar-refractivity contribution in [2.24, 2.45) is 5.92 Å². The van der Waals surface area contributed by atoms with Crippen LogP contribution in [-0.2, 0) is 16.6 Å². The zero-order chi connectivity index (χ0) is 32.1. The van der Waals surface area contributed by atoms with Crippen LogP contribution in [0.5, 0.6) is 5.75 Å². The summed E-state index contributed by atoms with van der Waals surface area (Å²) in [4.78, 5) is 17.7. The van der Waals surface area contributed by atoms with Gasteiger partial charge < -0.3 is 14.7 Å². The molecule has 0 spiro atoms. The van der Waals surface area contributed by atoms with Gasteiger partial charge in [0, 0.05) is 25.6 Å². The smallest absolute Gasteiger partial charge is 0.262 e. The van der Waals surface area contributed by atoms with Crippen LogP contribution in [0.3, 0.4) is 0 Å². The molecule has 0 unspecified atom stereocenters. The van der Waals surface area contributed by atoms with E-state index in [0.717, 1.165) is 22.3 Å². The topological polar surface area (TPSA) is 99.2 Å². The number of carbonyl (C=O) groups excluding carboxylic acids is 1. The minimum atomic E-state index is -3.96. The highest BCUT2D eigenvalue weighted by molar-refractivity contribution is 7.92. The monoisotopic (exact) mass is 627 g/mol. The molecular formula is C36H41N3O5S. The van der Waals surface area contributed by atoms with Crippen LogP contribution in [0, 0.1) is 12.8 Å². The number of aryl methyl sites for hydroxylation is 1. The van der Waals surface area contributed by atoms with Gasteiger partial charge in [0.2, 0.25) is 0 Å². The van der Waals surface area contributed by atoms with E-state index in [9.17, 15) is 18.3 Å². The SMILES string of the molecule is Cc1ccc(S(=O)(=O)Nc2cccc3c2O[C@@H](CN(C)Cc2ccc(-c4ccccc4)cc2)[C@@H](C)CN([C@@H](C)CO)C3=O)cc1. The highest BCUT2D eigenvalue weighted by Crippen LogP contribution is 2.36. The molecule has 3 atom stereocenters. The maximum atomic E-state index is 13.8. The molecule has 8 nitrogen and oxygen atoms in total. The first-order valence-electron chi connectivity index (χ1n) is 15.2. The van der Waals surface area contributed by atoms with E-state index in [1.807, 2.05) is 39.1 Å². The maximum Gasteiger partial charge on any atom is 0.262 e. The van der Waals surface area contributed by atoms with E-state index in [-0.39, 0.29) is 46.4 Å². The number of para-hydroxylation sites is 1. The summed E-state index contributed by atoms with van der Waals surface area (Å²) >= 11 is 0. The molecule has 0 radical (unpaired) electrons. The number of aliphatic hydroxyl groups excluding tert-OH is 1. The average molecular weight is 628 g/mol. The Bertz CT molecular complexity index is 1710. The molecule has 0 fully saturated rings. The van der Waals surface area contributed by atoms with Crippen molar-refractivity contribution >= 4 is 21.6 Å². The first-order valence-corrected chi connectivity index (χ1v) is 16.7. The number of sulfonamides is 1. The quantitative estimate of drug-likeness (QED) is 0.230. The van der Waals surface area contributed by atoms with E-state index in [4.69, 9.17) is 4.74 Å². The van der Waals surface area contributed by atoms with Crippen molar-refractivity contribution in [3.05, 3.63) is 114 Å². The normalized spacial score (nSPS) is 17.6. The number of amides is 1. The van der Waals surface area contributed by atoms with Crippen molar-refractivity contribution in [2.45, 2.75) is 44.4 Å². The Morgan fingerprint density at radius 1 is 0.956 bits per heavy atom. The number of rotatable bonds is 10. The number of aliphatic hydroxyl groups is 1. The van der Waals surface area contributed by atoms with Crippen LogP contribution in [0.25, 0.3) is 11.1 Å². The molecule has 2 N–H and O–H groups in total. The number of fused-ring (bicyclic) bond motifs is 1. The molecule has 1 aliphatic heterocycles. The third-order valence-electron chi connectivity index (χ3n) is 8.27. The Hall–Kier alpha value is -4.18. The molecule has 4 aromatic rings. The number of nitrogens with one attached hydrogen (secondary N) is 1. The number of likely N-dealkylation sites (N-methyl/N-ethyl adjacent to an activating group) is 1. The molecule has 9 heteroatoms. The van der Waals surface area contributed by atoms with Crippen LogP contribution in [0.15, 0.2) is 102 Å². The Morgan fingerprint density at radius 2 is 1.62 bits per heavy atom. The predicted octanol–water partition coefficient (Wildman–Crippen LogP) is 5.81. The van der Waals surface area contributed by atoms with Gasteiger partial charge >= 0.3 is 0 Å². The van der Waals surface area contributed by atoms with Crippen molar-refractivity contribution in [3.63, 3.8) is 0 Å². The van der Waals surface area contributed by atoms with Gasteiger partial charge in [-0.3, -0.25) is 14.4 Å². The minimum Gasteiger partial charge on any atom is -0.486 e. The summed E-state index contributed by atoms with van der Waals surface area (Å²) < 4.78 is 36.1. The molecule has 0 saturated carbocycles. The van der Waals surface area contributed by atoms with Crippen LogP contribution in [0.1, 0.15) is 35.3 Å². The molecule has 0 aliphatic carbocycles. The second-order valence-corrected chi connectivity index (χ2v) is 13.7. The number of ether oxygens (including phenoxy) is 1. The second kappa shape index (κ2) is 13.9. The Morgan fingerprint density at radius 3 is 2.29 bits per heavy atom. The van der Waals surface area contributed by atoms with Gasteiger partial charge in [-0.1, -0.05) is 85.3 Å². The van der Waals surface area contributed by atoms with Crippen molar-refractivity contribution in [1.29, 1.82) is 0 Å². The molecule has 236 valence electrons. The molecule has 5 rings (SSSR count). The first-order chi connectivity index (χ1) is 21.6. The van der Waals surface area contributed by atoms with Gasteiger partial charge in [0.05, 0.1) is 28.8 Å². The van der Waals surface area contributed by atoms with Gasteiger partial charge in [-0.15, -0.1) is 0 Å². The van der Waals surface area contributed by atoms with Crippen LogP contribution in [-0.4, -0.2) is 68.1 Å². The third kappa shape index (κ3) is 7.56. The van der Waals surface area contributed by atoms with Gasteiger partial charge in [0.25, 0.3) is 15.9 Å². The molecular weight excluding hydrogens is 586 g/mol. The molecule has 1 aliphatic rings. The highest BCUT2D eigenvalue weighted by atomic mass is 32.2. The van der Waals surface area contributed by atoms with Gasteiger partial charge in [0.15, 0.2) is 5.75 Å². The first kappa shape index (κ1) is 32.2. The second-order valence-electron chi connectivity index (χ2n) is 12.0. The summed E-state index contributed by atoms with van der Waals surface area (Å²) in [6, 6.07) is 29.8. The van der Waals surface area contributed by atoms with Crippen LogP contribution in [0.4, 0.5) is 5.69 Å². The average Bonchev–Trinajstić information content (AvgIpc) is 3.03. The number of hydrogen-bond donors (Lipinski definition) is 2. The Kier molecular flexibility index (Phi) is 9.92. The van der Waals surface area contributed by atoms with Crippen LogP contribution >= 0.6 is 0 Å². The maximum absolute atomic E-state index is 13.8. The minimum absolute atomic E-state index is 0.112. The van der Waals surface area contributed by atoms with Gasteiger partial charge in [-0.05, 0) is 61.9 Å². The number of nitrogens with zero attached hydrogens (tertiary/aromatic N) is 2. The standard InChI is InChI=1S/C36H41N3O5S/c1-25-13-19-31(20-14-25)45(42,43)37-33-12-8-11-32-35(33)44-34(26(2)21-39(36(32)41)27(3)24-40)23-38(4)22-28-15-17-30(18-16-28)29-9-6-5-7-10-29/h5-20,26-27,34,37,40H,21-24H2,1-4H3/t26-,27-,34-/m0/s1. The van der Waals surface area contributed by atoms with Gasteiger partial charge in [0.1, 0.15) is 6.10 Å². The molecule has 0 aromatic heterocycles. The lowest BCUT2D eigenvalue weighted by Crippen LogP contribution is -2.49. The summed E-state index contributed by atoms with van der Waals surface area (Å²) in [5.41, 5.74) is 4.84. The Balaban J connectivity index is 1.42. The number of hydrogen-bond acceptors (Lipinski definition) is 6. The van der Waals surface area contributed by atoms with E-state index in [2.05, 4.69) is 46.0 Å². The fourth-order valence-electron chi connectivity index (χ4n) is 5.58. The third-order valence-corrected chi connectivity index (χ3v) is 9.65. The Labute approximate surface area is 266 Å². The molecule has 1 amide bonds. The van der Waals surface area contributed by atoms with E-state index >= 15 is 0 Å². The van der Waals surface area contributed by atoms with Crippen molar-refractivity contribution in [3.8, 4) is 16.9 Å². The van der Waals surface area contributed by atoms with Crippen molar-refractivity contribution in [2.75, 3.05) is 31.5 Å². The molecule has 0 saturated heterocycles. The van der Waals surface area contributed by atoms with Crippen LogP contribution in [0.2, 0.25) is 0 Å². The summed E-state index contributed by atoms with van der Waals surface area (Å²) in [5.74, 6) is -0.258. The molecule has 45 heavy (non-hydrogen) atoms. The van der Waals surface area contributed by atoms with E-state index < -0.39 is 16.1 Å². The summed E-state index contributed by atoms with van der Waals surface area (Å²) in [5, 5.41) is 10.00. The lowest BCUT2D eigenvalue weighted by atomic mass is 9.98. The largest absolute Gasteiger partial charge is 0.486 e. The summed E-state index contributed by atoms with van der Waals surface area (Å²) in [6.07, 6.45) is -0.385. The number of carbonyl (C=O) groups is 1. The van der Waals surface area contributed by atoms with Gasteiger partial charge in [-0.2, -0.15) is 0 Å². The highest BCUT2D eigenvalue weighted by Gasteiger charge is 2.35. The van der Waals surface area contributed by atoms with Crippen molar-refractivity contribution in [1.82, 2.24) is 9.80 Å². The zero-order valence-electron chi connectivity index (χ0n) is 26.2. The molecule has 1 heterocycles. The molecule has 4 aromatic carbocycles. The summed E-state index contributed by atoms with van der Waals surface area (Å²) in [7, 11) is -1.94. The fraction of sp³-hybridized carbons (Fsp3) is 0.306. The number of benzene rings is 4.